The molecule has 0 unspecified atom stereocenters. The number of halogens is 1. The van der Waals surface area contributed by atoms with E-state index in [-0.39, 0.29) is 0 Å². The quantitative estimate of drug-likeness (QED) is 0.888. The highest BCUT2D eigenvalue weighted by atomic mass is 35.5. The minimum absolute atomic E-state index is 0.524. The number of aromatic nitrogens is 4. The molecule has 5 nitrogen and oxygen atoms in total. The summed E-state index contributed by atoms with van der Waals surface area (Å²) in [5.74, 6) is 0.843. The lowest BCUT2D eigenvalue weighted by Crippen LogP contribution is -1.96. The Kier molecular flexibility index (Phi) is 3.02. The maximum Gasteiger partial charge on any atom is 0.197 e. The fraction of sp³-hybridized carbons (Fsp3) is 0.222. The van der Waals surface area contributed by atoms with Crippen LogP contribution in [-0.4, -0.2) is 19.7 Å². The first-order valence-corrected chi connectivity index (χ1v) is 5.72. The van der Waals surface area contributed by atoms with Crippen LogP contribution in [0.25, 0.3) is 0 Å². The van der Waals surface area contributed by atoms with Gasteiger partial charge >= 0.3 is 0 Å². The van der Waals surface area contributed by atoms with Crippen molar-refractivity contribution in [3.63, 3.8) is 0 Å². The molecule has 2 heterocycles. The van der Waals surface area contributed by atoms with Crippen molar-refractivity contribution in [1.82, 2.24) is 19.7 Å². The van der Waals surface area contributed by atoms with Gasteiger partial charge in [-0.05, 0) is 24.8 Å². The monoisotopic (exact) mass is 255 g/mol. The Labute approximate surface area is 102 Å². The smallest absolute Gasteiger partial charge is 0.197 e. The van der Waals surface area contributed by atoms with Crippen molar-refractivity contribution in [2.45, 2.75) is 17.1 Å². The SMILES string of the molecule is Cc1nnc(Sc2ncc(Cl)cc2N)n1C. The van der Waals surface area contributed by atoms with Gasteiger partial charge in [-0.3, -0.25) is 0 Å². The third-order valence-corrected chi connectivity index (χ3v) is 3.37. The molecule has 84 valence electrons. The number of nitrogens with two attached hydrogens (primary N) is 1. The Hall–Kier alpha value is -1.27. The van der Waals surface area contributed by atoms with Crippen LogP contribution in [0.3, 0.4) is 0 Å². The molecule has 0 saturated heterocycles. The molecule has 0 atom stereocenters. The van der Waals surface area contributed by atoms with Crippen LogP contribution in [0.5, 0.6) is 0 Å². The molecule has 16 heavy (non-hydrogen) atoms. The average Bonchev–Trinajstić information content (AvgIpc) is 2.54. The number of rotatable bonds is 2. The minimum Gasteiger partial charge on any atom is -0.396 e. The van der Waals surface area contributed by atoms with E-state index in [1.807, 2.05) is 18.5 Å². The van der Waals surface area contributed by atoms with Crippen LogP contribution in [0.2, 0.25) is 5.02 Å². The van der Waals surface area contributed by atoms with Crippen LogP contribution in [0.1, 0.15) is 5.82 Å². The molecular formula is C9H10ClN5S. The predicted molar refractivity (Wildman–Crippen MR) is 63.5 cm³/mol. The molecule has 2 rings (SSSR count). The summed E-state index contributed by atoms with van der Waals surface area (Å²) in [5, 5.41) is 9.93. The van der Waals surface area contributed by atoms with Gasteiger partial charge in [0.2, 0.25) is 0 Å². The normalized spacial score (nSPS) is 10.7. The molecule has 0 spiro atoms. The number of hydrogen-bond acceptors (Lipinski definition) is 5. The van der Waals surface area contributed by atoms with Crippen LogP contribution in [0, 0.1) is 6.92 Å². The highest BCUT2D eigenvalue weighted by molar-refractivity contribution is 7.99. The van der Waals surface area contributed by atoms with Gasteiger partial charge in [0.25, 0.3) is 0 Å². The fourth-order valence-corrected chi connectivity index (χ4v) is 2.06. The van der Waals surface area contributed by atoms with Gasteiger partial charge in [0.15, 0.2) is 5.16 Å². The molecule has 0 saturated carbocycles. The number of hydrogen-bond donors (Lipinski definition) is 1. The van der Waals surface area contributed by atoms with Gasteiger partial charge in [-0.1, -0.05) is 11.6 Å². The zero-order valence-electron chi connectivity index (χ0n) is 8.81. The number of nitrogen functional groups attached to an aromatic ring is 1. The summed E-state index contributed by atoms with van der Waals surface area (Å²) in [6.07, 6.45) is 1.56. The topological polar surface area (TPSA) is 69.6 Å². The lowest BCUT2D eigenvalue weighted by Gasteiger charge is -2.03. The first-order chi connectivity index (χ1) is 7.58. The highest BCUT2D eigenvalue weighted by Gasteiger charge is 2.10. The van der Waals surface area contributed by atoms with Crippen LogP contribution in [0.15, 0.2) is 22.4 Å². The summed E-state index contributed by atoms with van der Waals surface area (Å²) >= 11 is 7.14. The molecule has 2 N–H and O–H groups in total. The van der Waals surface area contributed by atoms with Crippen LogP contribution in [0.4, 0.5) is 5.69 Å². The average molecular weight is 256 g/mol. The first kappa shape index (κ1) is 11.2. The molecule has 0 radical (unpaired) electrons. The largest absolute Gasteiger partial charge is 0.396 e. The summed E-state index contributed by atoms with van der Waals surface area (Å²) in [5.41, 5.74) is 6.34. The van der Waals surface area contributed by atoms with E-state index in [1.54, 1.807) is 12.3 Å². The van der Waals surface area contributed by atoms with Crippen LogP contribution < -0.4 is 5.73 Å². The van der Waals surface area contributed by atoms with E-state index >= 15 is 0 Å². The standard InChI is InChI=1S/C9H10ClN5S/c1-5-13-14-9(15(5)2)16-8-7(11)3-6(10)4-12-8/h3-4H,11H2,1-2H3. The summed E-state index contributed by atoms with van der Waals surface area (Å²) in [6, 6.07) is 1.67. The highest BCUT2D eigenvalue weighted by Crippen LogP contribution is 2.29. The molecule has 0 aromatic carbocycles. The van der Waals surface area contributed by atoms with Gasteiger partial charge in [-0.2, -0.15) is 0 Å². The third-order valence-electron chi connectivity index (χ3n) is 2.09. The van der Waals surface area contributed by atoms with Gasteiger partial charge < -0.3 is 10.3 Å². The van der Waals surface area contributed by atoms with Crippen molar-refractivity contribution in [2.75, 3.05) is 5.73 Å². The molecule has 7 heteroatoms. The third kappa shape index (κ3) is 2.12. The van der Waals surface area contributed by atoms with Gasteiger partial charge in [0.1, 0.15) is 10.9 Å². The summed E-state index contributed by atoms with van der Waals surface area (Å²) in [6.45, 7) is 1.88. The predicted octanol–water partition coefficient (Wildman–Crippen LogP) is 1.91. The van der Waals surface area contributed by atoms with E-state index in [9.17, 15) is 0 Å². The molecule has 0 aliphatic heterocycles. The van der Waals surface area contributed by atoms with Gasteiger partial charge in [-0.15, -0.1) is 10.2 Å². The van der Waals surface area contributed by atoms with Crippen molar-refractivity contribution >= 4 is 29.1 Å². The molecule has 2 aromatic rings. The summed E-state index contributed by atoms with van der Waals surface area (Å²) in [7, 11) is 1.89. The van der Waals surface area contributed by atoms with E-state index < -0.39 is 0 Å². The number of aryl methyl sites for hydroxylation is 1. The Bertz CT molecular complexity index is 525. The lowest BCUT2D eigenvalue weighted by atomic mass is 10.4. The maximum absolute atomic E-state index is 5.80. The van der Waals surface area contributed by atoms with Gasteiger partial charge in [0.05, 0.1) is 10.7 Å². The van der Waals surface area contributed by atoms with Gasteiger partial charge in [0, 0.05) is 13.2 Å². The van der Waals surface area contributed by atoms with E-state index in [0.717, 1.165) is 11.0 Å². The van der Waals surface area contributed by atoms with Gasteiger partial charge in [-0.25, -0.2) is 4.98 Å². The number of anilines is 1. The Morgan fingerprint density at radius 1 is 1.44 bits per heavy atom. The Balaban J connectivity index is 2.30. The molecular weight excluding hydrogens is 246 g/mol. The summed E-state index contributed by atoms with van der Waals surface area (Å²) < 4.78 is 1.88. The first-order valence-electron chi connectivity index (χ1n) is 4.53. The zero-order valence-corrected chi connectivity index (χ0v) is 10.4. The minimum atomic E-state index is 0.524. The zero-order chi connectivity index (χ0) is 11.7. The van der Waals surface area contributed by atoms with E-state index in [4.69, 9.17) is 17.3 Å². The van der Waals surface area contributed by atoms with Crippen molar-refractivity contribution in [3.8, 4) is 0 Å². The molecule has 0 aliphatic rings. The molecule has 0 bridgehead atoms. The second-order valence-electron chi connectivity index (χ2n) is 3.24. The number of pyridine rings is 1. The van der Waals surface area contributed by atoms with E-state index in [2.05, 4.69) is 15.2 Å². The Morgan fingerprint density at radius 3 is 2.75 bits per heavy atom. The van der Waals surface area contributed by atoms with Crippen molar-refractivity contribution in [1.29, 1.82) is 0 Å². The van der Waals surface area contributed by atoms with E-state index in [1.165, 1.54) is 11.8 Å². The fourth-order valence-electron chi connectivity index (χ4n) is 1.09. The lowest BCUT2D eigenvalue weighted by molar-refractivity contribution is 0.764. The molecule has 2 aromatic heterocycles. The molecule has 0 aliphatic carbocycles. The van der Waals surface area contributed by atoms with E-state index in [0.29, 0.717) is 15.7 Å². The van der Waals surface area contributed by atoms with Crippen LogP contribution >= 0.6 is 23.4 Å². The number of nitrogens with zero attached hydrogens (tertiary/aromatic N) is 4. The van der Waals surface area contributed by atoms with Crippen LogP contribution in [-0.2, 0) is 7.05 Å². The second kappa shape index (κ2) is 4.31. The molecule has 0 fully saturated rings. The second-order valence-corrected chi connectivity index (χ2v) is 4.63. The molecule has 0 amide bonds. The van der Waals surface area contributed by atoms with Crippen molar-refractivity contribution in [3.05, 3.63) is 23.1 Å². The summed E-state index contributed by atoms with van der Waals surface area (Å²) in [4.78, 5) is 4.15. The Morgan fingerprint density at radius 2 is 2.19 bits per heavy atom. The maximum atomic E-state index is 5.80. The van der Waals surface area contributed by atoms with Crippen molar-refractivity contribution in [2.24, 2.45) is 7.05 Å². The van der Waals surface area contributed by atoms with Crippen molar-refractivity contribution < 1.29 is 0 Å².